The van der Waals surface area contributed by atoms with Crippen LogP contribution in [0.5, 0.6) is 0 Å². The average Bonchev–Trinajstić information content (AvgIpc) is 2.46. The molecule has 3 N–H and O–H groups in total. The summed E-state index contributed by atoms with van der Waals surface area (Å²) in [4.78, 5) is 10.6. The Morgan fingerprint density at radius 3 is 2.17 bits per heavy atom. The van der Waals surface area contributed by atoms with Crippen LogP contribution in [0.25, 0.3) is 0 Å². The monoisotopic (exact) mass is 339 g/mol. The van der Waals surface area contributed by atoms with E-state index in [1.54, 1.807) is 11.8 Å². The van der Waals surface area contributed by atoms with Gasteiger partial charge in [-0.25, -0.2) is 0 Å². The normalized spacial score (nSPS) is 13.8. The number of rotatable bonds is 12. The second kappa shape index (κ2) is 13.4. The Labute approximate surface area is 146 Å². The summed E-state index contributed by atoms with van der Waals surface area (Å²) >= 11 is 1.74. The highest BCUT2D eigenvalue weighted by atomic mass is 32.2. The van der Waals surface area contributed by atoms with Gasteiger partial charge in [-0.3, -0.25) is 4.79 Å². The molecule has 0 aromatic heterocycles. The van der Waals surface area contributed by atoms with Gasteiger partial charge in [0.2, 0.25) is 0 Å². The third-order valence-corrected chi connectivity index (χ3v) is 4.49. The quantitative estimate of drug-likeness (QED) is 0.390. The van der Waals surface area contributed by atoms with Crippen LogP contribution in [0.1, 0.15) is 59.8 Å². The molecule has 0 saturated heterocycles. The molecule has 0 aliphatic carbocycles. The smallest absolute Gasteiger partial charge is 0.320 e. The molecule has 0 fully saturated rings. The molecule has 0 radical (unpaired) electrons. The molecule has 23 heavy (non-hydrogen) atoms. The van der Waals surface area contributed by atoms with Crippen LogP contribution in [0.15, 0.2) is 34.9 Å². The lowest BCUT2D eigenvalue weighted by molar-refractivity contribution is -0.138. The second-order valence-electron chi connectivity index (χ2n) is 6.27. The first-order valence-corrected chi connectivity index (χ1v) is 9.49. The van der Waals surface area contributed by atoms with Gasteiger partial charge in [-0.05, 0) is 65.6 Å². The number of carboxylic acid groups (broad SMARTS) is 1. The van der Waals surface area contributed by atoms with Gasteiger partial charge in [0.05, 0.1) is 0 Å². The molecule has 0 aromatic rings. The Morgan fingerprint density at radius 1 is 1.04 bits per heavy atom. The van der Waals surface area contributed by atoms with Gasteiger partial charge in [-0.15, -0.1) is 0 Å². The summed E-state index contributed by atoms with van der Waals surface area (Å²) < 4.78 is 0. The number of carbonyl (C=O) groups is 1. The molecule has 1 atom stereocenters. The summed E-state index contributed by atoms with van der Waals surface area (Å²) in [6.45, 7) is 8.65. The Balaban J connectivity index is 3.81. The van der Waals surface area contributed by atoms with E-state index in [4.69, 9.17) is 10.8 Å². The van der Waals surface area contributed by atoms with Gasteiger partial charge in [0.25, 0.3) is 0 Å². The van der Waals surface area contributed by atoms with Crippen molar-refractivity contribution in [2.45, 2.75) is 65.8 Å². The standard InChI is InChI=1S/C19H33NO2S/c1-15(2)7-5-8-16(3)9-6-10-17(4)11-13-23-14-12-18(20)19(21)22/h7,9,11,18H,5-6,8,10,12-14,20H2,1-4H3,(H,21,22)/t18-/m1/s1. The number of allylic oxidation sites excluding steroid dienone is 5. The van der Waals surface area contributed by atoms with Crippen molar-refractivity contribution in [3.63, 3.8) is 0 Å². The van der Waals surface area contributed by atoms with E-state index in [9.17, 15) is 4.79 Å². The number of aliphatic carboxylic acids is 1. The number of thioether (sulfide) groups is 1. The third kappa shape index (κ3) is 14.3. The van der Waals surface area contributed by atoms with Crippen molar-refractivity contribution in [1.29, 1.82) is 0 Å². The van der Waals surface area contributed by atoms with Crippen LogP contribution in [0.2, 0.25) is 0 Å². The van der Waals surface area contributed by atoms with Gasteiger partial charge in [0.1, 0.15) is 6.04 Å². The van der Waals surface area contributed by atoms with Crippen LogP contribution >= 0.6 is 11.8 Å². The van der Waals surface area contributed by atoms with Crippen LogP contribution in [-0.4, -0.2) is 28.6 Å². The Kier molecular flexibility index (Phi) is 12.9. The van der Waals surface area contributed by atoms with Crippen LogP contribution in [0.3, 0.4) is 0 Å². The van der Waals surface area contributed by atoms with Crippen LogP contribution < -0.4 is 5.73 Å². The van der Waals surface area contributed by atoms with Gasteiger partial charge in [-0.1, -0.05) is 34.9 Å². The zero-order chi connectivity index (χ0) is 17.7. The van der Waals surface area contributed by atoms with E-state index < -0.39 is 12.0 Å². The van der Waals surface area contributed by atoms with Gasteiger partial charge >= 0.3 is 5.97 Å². The molecule has 0 rings (SSSR count). The summed E-state index contributed by atoms with van der Waals surface area (Å²) in [6.07, 6.45) is 11.9. The third-order valence-electron chi connectivity index (χ3n) is 3.56. The maximum Gasteiger partial charge on any atom is 0.320 e. The summed E-state index contributed by atoms with van der Waals surface area (Å²) in [6, 6.07) is -0.730. The molecule has 0 bridgehead atoms. The van der Waals surface area contributed by atoms with E-state index in [-0.39, 0.29) is 0 Å². The lowest BCUT2D eigenvalue weighted by atomic mass is 10.1. The highest BCUT2D eigenvalue weighted by Gasteiger charge is 2.09. The van der Waals surface area contributed by atoms with Gasteiger partial charge < -0.3 is 10.8 Å². The molecule has 3 nitrogen and oxygen atoms in total. The number of carboxylic acids is 1. The van der Waals surface area contributed by atoms with Gasteiger partial charge in [0, 0.05) is 5.75 Å². The van der Waals surface area contributed by atoms with E-state index in [1.165, 1.54) is 16.7 Å². The van der Waals surface area contributed by atoms with Crippen molar-refractivity contribution in [3.05, 3.63) is 34.9 Å². The summed E-state index contributed by atoms with van der Waals surface area (Å²) in [7, 11) is 0. The largest absolute Gasteiger partial charge is 0.480 e. The van der Waals surface area contributed by atoms with Gasteiger partial charge in [0.15, 0.2) is 0 Å². The zero-order valence-corrected chi connectivity index (χ0v) is 15.9. The highest BCUT2D eigenvalue weighted by Crippen LogP contribution is 2.13. The Hall–Kier alpha value is -1.00. The van der Waals surface area contributed by atoms with E-state index in [2.05, 4.69) is 45.9 Å². The van der Waals surface area contributed by atoms with Crippen LogP contribution in [0, 0.1) is 0 Å². The molecule has 0 spiro atoms. The zero-order valence-electron chi connectivity index (χ0n) is 15.1. The van der Waals surface area contributed by atoms with Crippen molar-refractivity contribution in [2.75, 3.05) is 11.5 Å². The predicted octanol–water partition coefficient (Wildman–Crippen LogP) is 4.94. The number of hydrogen-bond acceptors (Lipinski definition) is 3. The van der Waals surface area contributed by atoms with E-state index >= 15 is 0 Å². The van der Waals surface area contributed by atoms with Crippen molar-refractivity contribution >= 4 is 17.7 Å². The van der Waals surface area contributed by atoms with Crippen molar-refractivity contribution in [3.8, 4) is 0 Å². The summed E-state index contributed by atoms with van der Waals surface area (Å²) in [5.74, 6) is 0.811. The van der Waals surface area contributed by atoms with Crippen LogP contribution in [0.4, 0.5) is 0 Å². The Morgan fingerprint density at radius 2 is 1.61 bits per heavy atom. The molecule has 0 aliphatic heterocycles. The molecule has 0 heterocycles. The summed E-state index contributed by atoms with van der Waals surface area (Å²) in [5, 5.41) is 8.69. The minimum absolute atomic E-state index is 0.528. The van der Waals surface area contributed by atoms with Crippen molar-refractivity contribution in [2.24, 2.45) is 5.73 Å². The predicted molar refractivity (Wildman–Crippen MR) is 103 cm³/mol. The van der Waals surface area contributed by atoms with Gasteiger partial charge in [-0.2, -0.15) is 11.8 Å². The SMILES string of the molecule is CC(C)=CCCC(C)=CCCC(C)=CCSCC[C@@H](N)C(=O)O. The number of hydrogen-bond donors (Lipinski definition) is 2. The van der Waals surface area contributed by atoms with E-state index in [1.807, 2.05) is 0 Å². The maximum atomic E-state index is 10.6. The van der Waals surface area contributed by atoms with E-state index in [0.717, 1.165) is 37.2 Å². The first kappa shape index (κ1) is 22.0. The van der Waals surface area contributed by atoms with Crippen LogP contribution in [-0.2, 0) is 4.79 Å². The molecular weight excluding hydrogens is 306 g/mol. The molecular formula is C19H33NO2S. The first-order valence-electron chi connectivity index (χ1n) is 8.33. The highest BCUT2D eigenvalue weighted by molar-refractivity contribution is 7.99. The fourth-order valence-corrected chi connectivity index (χ4v) is 2.95. The minimum Gasteiger partial charge on any atom is -0.480 e. The average molecular weight is 340 g/mol. The lowest BCUT2D eigenvalue weighted by Crippen LogP contribution is -2.30. The Bertz CT molecular complexity index is 435. The first-order chi connectivity index (χ1) is 10.8. The van der Waals surface area contributed by atoms with Crippen molar-refractivity contribution in [1.82, 2.24) is 0 Å². The minimum atomic E-state index is -0.913. The number of nitrogens with two attached hydrogens (primary N) is 1. The molecule has 4 heteroatoms. The molecule has 0 amide bonds. The lowest BCUT2D eigenvalue weighted by Gasteiger charge is -2.05. The molecule has 0 unspecified atom stereocenters. The maximum absolute atomic E-state index is 10.6. The topological polar surface area (TPSA) is 63.3 Å². The fourth-order valence-electron chi connectivity index (χ4n) is 1.96. The molecule has 132 valence electrons. The fraction of sp³-hybridized carbons (Fsp3) is 0.632. The van der Waals surface area contributed by atoms with Crippen molar-refractivity contribution < 1.29 is 9.90 Å². The molecule has 0 saturated carbocycles. The van der Waals surface area contributed by atoms with E-state index in [0.29, 0.717) is 6.42 Å². The summed E-state index contributed by atoms with van der Waals surface area (Å²) in [5.41, 5.74) is 9.71. The second-order valence-corrected chi connectivity index (χ2v) is 7.42. The molecule has 0 aromatic carbocycles. The molecule has 0 aliphatic rings.